The first-order valence-electron chi connectivity index (χ1n) is 7.52. The lowest BCUT2D eigenvalue weighted by molar-refractivity contribution is 0.128. The molecule has 0 aliphatic heterocycles. The van der Waals surface area contributed by atoms with E-state index < -0.39 is 0 Å². The van der Waals surface area contributed by atoms with Gasteiger partial charge in [0.05, 0.1) is 21.8 Å². The SMILES string of the molecule is Cc1nc2cc(NC(=O)OCC3CCCCC3)ccc2s1. The Balaban J connectivity index is 1.55. The lowest BCUT2D eigenvalue weighted by atomic mass is 9.90. The number of aromatic nitrogens is 1. The molecule has 1 aliphatic carbocycles. The van der Waals surface area contributed by atoms with E-state index in [9.17, 15) is 4.79 Å². The standard InChI is InChI=1S/C16H20N2O2S/c1-11-17-14-9-13(7-8-15(14)21-11)18-16(19)20-10-12-5-3-2-4-6-12/h7-9,12H,2-6,10H2,1H3,(H,18,19). The summed E-state index contributed by atoms with van der Waals surface area (Å²) in [5, 5.41) is 3.82. The van der Waals surface area contributed by atoms with Gasteiger partial charge in [-0.25, -0.2) is 9.78 Å². The number of hydrogen-bond donors (Lipinski definition) is 1. The molecular formula is C16H20N2O2S. The predicted molar refractivity (Wildman–Crippen MR) is 85.9 cm³/mol. The number of nitrogens with one attached hydrogen (secondary N) is 1. The zero-order chi connectivity index (χ0) is 14.7. The highest BCUT2D eigenvalue weighted by Gasteiger charge is 2.15. The van der Waals surface area contributed by atoms with Gasteiger partial charge in [0.2, 0.25) is 0 Å². The number of rotatable bonds is 3. The van der Waals surface area contributed by atoms with Gasteiger partial charge in [0, 0.05) is 5.69 Å². The van der Waals surface area contributed by atoms with Crippen molar-refractivity contribution in [2.24, 2.45) is 5.92 Å². The fraction of sp³-hybridized carbons (Fsp3) is 0.500. The highest BCUT2D eigenvalue weighted by molar-refractivity contribution is 7.18. The maximum atomic E-state index is 11.8. The molecule has 0 bridgehead atoms. The van der Waals surface area contributed by atoms with Crippen molar-refractivity contribution in [1.29, 1.82) is 0 Å². The molecule has 0 radical (unpaired) electrons. The molecule has 3 rings (SSSR count). The summed E-state index contributed by atoms with van der Waals surface area (Å²) >= 11 is 1.65. The van der Waals surface area contributed by atoms with Crippen molar-refractivity contribution in [2.75, 3.05) is 11.9 Å². The van der Waals surface area contributed by atoms with Gasteiger partial charge in [-0.3, -0.25) is 5.32 Å². The summed E-state index contributed by atoms with van der Waals surface area (Å²) in [5.41, 5.74) is 1.66. The number of carbonyl (C=O) groups is 1. The molecule has 5 heteroatoms. The summed E-state index contributed by atoms with van der Waals surface area (Å²) < 4.78 is 6.47. The van der Waals surface area contributed by atoms with E-state index in [1.165, 1.54) is 32.1 Å². The maximum Gasteiger partial charge on any atom is 0.411 e. The summed E-state index contributed by atoms with van der Waals surface area (Å²) in [6.07, 6.45) is 5.82. The third-order valence-corrected chi connectivity index (χ3v) is 4.87. The molecule has 1 saturated carbocycles. The van der Waals surface area contributed by atoms with E-state index in [1.54, 1.807) is 11.3 Å². The Bertz CT molecular complexity index is 632. The van der Waals surface area contributed by atoms with Crippen LogP contribution < -0.4 is 5.32 Å². The van der Waals surface area contributed by atoms with Gasteiger partial charge in [-0.05, 0) is 43.9 Å². The summed E-state index contributed by atoms with van der Waals surface area (Å²) in [7, 11) is 0. The van der Waals surface area contributed by atoms with Gasteiger partial charge >= 0.3 is 6.09 Å². The number of ether oxygens (including phenoxy) is 1. The van der Waals surface area contributed by atoms with Crippen molar-refractivity contribution in [3.63, 3.8) is 0 Å². The molecule has 4 nitrogen and oxygen atoms in total. The summed E-state index contributed by atoms with van der Waals surface area (Å²) in [4.78, 5) is 16.3. The Kier molecular flexibility index (Phi) is 4.39. The minimum Gasteiger partial charge on any atom is -0.449 e. The number of nitrogens with zero attached hydrogens (tertiary/aromatic N) is 1. The van der Waals surface area contributed by atoms with Crippen molar-refractivity contribution in [1.82, 2.24) is 4.98 Å². The molecule has 1 aromatic carbocycles. The highest BCUT2D eigenvalue weighted by Crippen LogP contribution is 2.25. The van der Waals surface area contributed by atoms with Crippen LogP contribution in [0.3, 0.4) is 0 Å². The normalized spacial score (nSPS) is 16.0. The van der Waals surface area contributed by atoms with E-state index in [0.717, 1.165) is 20.9 Å². The van der Waals surface area contributed by atoms with Crippen LogP contribution in [0, 0.1) is 12.8 Å². The Labute approximate surface area is 128 Å². The first kappa shape index (κ1) is 14.3. The largest absolute Gasteiger partial charge is 0.449 e. The van der Waals surface area contributed by atoms with E-state index in [1.807, 2.05) is 25.1 Å². The van der Waals surface area contributed by atoms with Crippen LogP contribution in [-0.2, 0) is 4.74 Å². The van der Waals surface area contributed by atoms with Crippen LogP contribution >= 0.6 is 11.3 Å². The average Bonchev–Trinajstić information content (AvgIpc) is 2.85. The second kappa shape index (κ2) is 6.43. The molecule has 1 amide bonds. The lowest BCUT2D eigenvalue weighted by Crippen LogP contribution is -2.20. The molecule has 1 heterocycles. The minimum absolute atomic E-state index is 0.369. The lowest BCUT2D eigenvalue weighted by Gasteiger charge is -2.21. The first-order chi connectivity index (χ1) is 10.2. The number of hydrogen-bond acceptors (Lipinski definition) is 4. The zero-order valence-electron chi connectivity index (χ0n) is 12.2. The Morgan fingerprint density at radius 2 is 2.19 bits per heavy atom. The smallest absolute Gasteiger partial charge is 0.411 e. The fourth-order valence-corrected chi connectivity index (χ4v) is 3.63. The molecular weight excluding hydrogens is 284 g/mol. The van der Waals surface area contributed by atoms with Gasteiger partial charge in [-0.2, -0.15) is 0 Å². The fourth-order valence-electron chi connectivity index (χ4n) is 2.82. The molecule has 1 fully saturated rings. The van der Waals surface area contributed by atoms with E-state index in [-0.39, 0.29) is 6.09 Å². The topological polar surface area (TPSA) is 51.2 Å². The Morgan fingerprint density at radius 3 is 3.00 bits per heavy atom. The van der Waals surface area contributed by atoms with Gasteiger partial charge in [0.15, 0.2) is 0 Å². The molecule has 0 atom stereocenters. The van der Waals surface area contributed by atoms with E-state index in [2.05, 4.69) is 10.3 Å². The van der Waals surface area contributed by atoms with Crippen molar-refractivity contribution in [2.45, 2.75) is 39.0 Å². The molecule has 2 aromatic rings. The summed E-state index contributed by atoms with van der Waals surface area (Å²) in [6.45, 7) is 2.51. The number of aryl methyl sites for hydroxylation is 1. The number of amides is 1. The Morgan fingerprint density at radius 1 is 1.38 bits per heavy atom. The van der Waals surface area contributed by atoms with E-state index in [0.29, 0.717) is 12.5 Å². The Hall–Kier alpha value is -1.62. The monoisotopic (exact) mass is 304 g/mol. The first-order valence-corrected chi connectivity index (χ1v) is 8.33. The number of fused-ring (bicyclic) bond motifs is 1. The number of carbonyl (C=O) groups excluding carboxylic acids is 1. The number of anilines is 1. The van der Waals surface area contributed by atoms with Gasteiger partial charge in [-0.1, -0.05) is 19.3 Å². The maximum absolute atomic E-state index is 11.8. The van der Waals surface area contributed by atoms with Gasteiger partial charge < -0.3 is 4.74 Å². The summed E-state index contributed by atoms with van der Waals surface area (Å²) in [6, 6.07) is 5.76. The third-order valence-electron chi connectivity index (χ3n) is 3.92. The van der Waals surface area contributed by atoms with Crippen LogP contribution in [0.15, 0.2) is 18.2 Å². The molecule has 112 valence electrons. The molecule has 1 aromatic heterocycles. The zero-order valence-corrected chi connectivity index (χ0v) is 13.0. The third kappa shape index (κ3) is 3.73. The van der Waals surface area contributed by atoms with Gasteiger partial charge in [-0.15, -0.1) is 11.3 Å². The number of benzene rings is 1. The van der Waals surface area contributed by atoms with Crippen molar-refractivity contribution in [3.05, 3.63) is 23.2 Å². The molecule has 0 saturated heterocycles. The van der Waals surface area contributed by atoms with Crippen LogP contribution in [-0.4, -0.2) is 17.7 Å². The van der Waals surface area contributed by atoms with E-state index in [4.69, 9.17) is 4.74 Å². The number of thiazole rings is 1. The van der Waals surface area contributed by atoms with Crippen LogP contribution in [0.5, 0.6) is 0 Å². The quantitative estimate of drug-likeness (QED) is 0.891. The molecule has 0 unspecified atom stereocenters. The molecule has 0 spiro atoms. The second-order valence-corrected chi connectivity index (χ2v) is 6.88. The van der Waals surface area contributed by atoms with E-state index >= 15 is 0 Å². The van der Waals surface area contributed by atoms with Gasteiger partial charge in [0.1, 0.15) is 0 Å². The highest BCUT2D eigenvalue weighted by atomic mass is 32.1. The second-order valence-electron chi connectivity index (χ2n) is 5.64. The summed E-state index contributed by atoms with van der Waals surface area (Å²) in [5.74, 6) is 0.535. The van der Waals surface area contributed by atoms with Crippen LogP contribution in [0.2, 0.25) is 0 Å². The van der Waals surface area contributed by atoms with Gasteiger partial charge in [0.25, 0.3) is 0 Å². The van der Waals surface area contributed by atoms with Crippen LogP contribution in [0.4, 0.5) is 10.5 Å². The van der Waals surface area contributed by atoms with Crippen molar-refractivity contribution < 1.29 is 9.53 Å². The van der Waals surface area contributed by atoms with Crippen LogP contribution in [0.1, 0.15) is 37.1 Å². The van der Waals surface area contributed by atoms with Crippen molar-refractivity contribution >= 4 is 33.3 Å². The molecule has 21 heavy (non-hydrogen) atoms. The van der Waals surface area contributed by atoms with Crippen LogP contribution in [0.25, 0.3) is 10.2 Å². The predicted octanol–water partition coefficient (Wildman–Crippen LogP) is 4.73. The molecule has 1 N–H and O–H groups in total. The van der Waals surface area contributed by atoms with Crippen molar-refractivity contribution in [3.8, 4) is 0 Å². The minimum atomic E-state index is -0.369. The molecule has 1 aliphatic rings. The average molecular weight is 304 g/mol.